The molecule has 0 radical (unpaired) electrons. The number of hydrogen-bond donors (Lipinski definition) is 0. The topological polar surface area (TPSA) is 56.6 Å². The molecule has 1 atom stereocenters. The normalized spacial score (nSPS) is 16.9. The first kappa shape index (κ1) is 24.0. The monoisotopic (exact) mass is 537 g/mol. The number of aryl methyl sites for hydroxylation is 1. The van der Waals surface area contributed by atoms with Gasteiger partial charge in [0.15, 0.2) is 0 Å². The molecule has 1 aromatic heterocycles. The third kappa shape index (κ3) is 5.34. The molecule has 3 aromatic rings. The van der Waals surface area contributed by atoms with Gasteiger partial charge in [-0.05, 0) is 57.5 Å². The SMILES string of the molecule is Cc1ccc2c(c1)nc(-c1c(F)cc(Br)cc1Cl)n2CC1CN(C(=O)OC(C)(C)C)CCO1. The Hall–Kier alpha value is -2.16. The Labute approximate surface area is 205 Å². The first-order valence-corrected chi connectivity index (χ1v) is 11.9. The maximum atomic E-state index is 15.0. The molecule has 1 fully saturated rings. The van der Waals surface area contributed by atoms with Gasteiger partial charge in [0.05, 0.1) is 47.4 Å². The van der Waals surface area contributed by atoms with Gasteiger partial charge in [-0.3, -0.25) is 0 Å². The van der Waals surface area contributed by atoms with Crippen molar-refractivity contribution in [3.8, 4) is 11.4 Å². The first-order valence-electron chi connectivity index (χ1n) is 10.7. The summed E-state index contributed by atoms with van der Waals surface area (Å²) in [6.07, 6.45) is -0.690. The average Bonchev–Trinajstić information content (AvgIpc) is 3.03. The lowest BCUT2D eigenvalue weighted by Crippen LogP contribution is -2.48. The molecule has 1 aliphatic rings. The lowest BCUT2D eigenvalue weighted by molar-refractivity contribution is -0.0468. The highest BCUT2D eigenvalue weighted by Gasteiger charge is 2.30. The number of ether oxygens (including phenoxy) is 2. The van der Waals surface area contributed by atoms with E-state index >= 15 is 4.39 Å². The molecule has 1 amide bonds. The van der Waals surface area contributed by atoms with Crippen molar-refractivity contribution in [3.05, 3.63) is 51.2 Å². The minimum Gasteiger partial charge on any atom is -0.444 e. The quantitative estimate of drug-likeness (QED) is 0.398. The zero-order valence-corrected chi connectivity index (χ0v) is 21.3. The van der Waals surface area contributed by atoms with Gasteiger partial charge in [0.2, 0.25) is 0 Å². The highest BCUT2D eigenvalue weighted by molar-refractivity contribution is 9.10. The summed E-state index contributed by atoms with van der Waals surface area (Å²) in [7, 11) is 0. The highest BCUT2D eigenvalue weighted by Crippen LogP contribution is 2.35. The van der Waals surface area contributed by atoms with E-state index in [4.69, 9.17) is 26.1 Å². The molecule has 0 aliphatic carbocycles. The summed E-state index contributed by atoms with van der Waals surface area (Å²) >= 11 is 9.73. The van der Waals surface area contributed by atoms with Gasteiger partial charge >= 0.3 is 6.09 Å². The molecule has 0 bridgehead atoms. The molecular formula is C24H26BrClFN3O3. The van der Waals surface area contributed by atoms with Crippen molar-refractivity contribution in [2.75, 3.05) is 19.7 Å². The molecule has 6 nitrogen and oxygen atoms in total. The van der Waals surface area contributed by atoms with E-state index < -0.39 is 11.4 Å². The van der Waals surface area contributed by atoms with Crippen molar-refractivity contribution in [2.24, 2.45) is 0 Å². The number of rotatable bonds is 3. The van der Waals surface area contributed by atoms with Gasteiger partial charge in [-0.15, -0.1) is 0 Å². The fourth-order valence-electron chi connectivity index (χ4n) is 3.90. The Balaban J connectivity index is 1.70. The van der Waals surface area contributed by atoms with Crippen LogP contribution >= 0.6 is 27.5 Å². The third-order valence-corrected chi connectivity index (χ3v) is 6.07. The molecule has 33 heavy (non-hydrogen) atoms. The lowest BCUT2D eigenvalue weighted by Gasteiger charge is -2.34. The predicted molar refractivity (Wildman–Crippen MR) is 130 cm³/mol. The van der Waals surface area contributed by atoms with Crippen LogP contribution in [-0.4, -0.2) is 51.9 Å². The predicted octanol–water partition coefficient (Wildman–Crippen LogP) is 6.20. The molecule has 176 valence electrons. The van der Waals surface area contributed by atoms with Crippen molar-refractivity contribution in [1.82, 2.24) is 14.5 Å². The molecule has 0 N–H and O–H groups in total. The summed E-state index contributed by atoms with van der Waals surface area (Å²) in [5.41, 5.74) is 2.28. The van der Waals surface area contributed by atoms with Gasteiger partial charge < -0.3 is 18.9 Å². The number of amides is 1. The Morgan fingerprint density at radius 1 is 1.33 bits per heavy atom. The van der Waals surface area contributed by atoms with Crippen LogP contribution in [-0.2, 0) is 16.0 Å². The molecule has 1 unspecified atom stereocenters. The summed E-state index contributed by atoms with van der Waals surface area (Å²) < 4.78 is 29.0. The number of benzene rings is 2. The van der Waals surface area contributed by atoms with Gasteiger partial charge in [0.25, 0.3) is 0 Å². The number of halogens is 3. The van der Waals surface area contributed by atoms with Crippen LogP contribution in [0.15, 0.2) is 34.8 Å². The standard InChI is InChI=1S/C24H26BrClFN3O3/c1-14-5-6-20-19(9-14)28-22(21-17(26)10-15(25)11-18(21)27)30(20)13-16-12-29(7-8-32-16)23(31)33-24(2,3)4/h5-6,9-11,16H,7-8,12-13H2,1-4H3. The second kappa shape index (κ2) is 9.24. The number of carbonyl (C=O) groups excluding carboxylic acids is 1. The average molecular weight is 539 g/mol. The summed E-state index contributed by atoms with van der Waals surface area (Å²) in [5.74, 6) is -0.0498. The van der Waals surface area contributed by atoms with Crippen molar-refractivity contribution >= 4 is 44.7 Å². The van der Waals surface area contributed by atoms with Crippen LogP contribution in [0.3, 0.4) is 0 Å². The van der Waals surface area contributed by atoms with Crippen LogP contribution in [0.5, 0.6) is 0 Å². The number of carbonyl (C=O) groups is 1. The third-order valence-electron chi connectivity index (χ3n) is 5.31. The van der Waals surface area contributed by atoms with Gasteiger partial charge in [0.1, 0.15) is 17.2 Å². The number of morpholine rings is 1. The number of aromatic nitrogens is 2. The van der Waals surface area contributed by atoms with E-state index in [2.05, 4.69) is 15.9 Å². The molecule has 1 saturated heterocycles. The van der Waals surface area contributed by atoms with Crippen molar-refractivity contribution in [2.45, 2.75) is 45.9 Å². The van der Waals surface area contributed by atoms with Gasteiger partial charge in [0, 0.05) is 11.0 Å². The van der Waals surface area contributed by atoms with E-state index in [-0.39, 0.29) is 22.8 Å². The summed E-state index contributed by atoms with van der Waals surface area (Å²) in [4.78, 5) is 19.0. The molecule has 1 aliphatic heterocycles. The van der Waals surface area contributed by atoms with E-state index in [0.29, 0.717) is 36.5 Å². The number of fused-ring (bicyclic) bond motifs is 1. The molecule has 2 aromatic carbocycles. The molecule has 9 heteroatoms. The molecule has 2 heterocycles. The van der Waals surface area contributed by atoms with Gasteiger partial charge in [-0.2, -0.15) is 0 Å². The van der Waals surface area contributed by atoms with Gasteiger partial charge in [-0.1, -0.05) is 33.6 Å². The van der Waals surface area contributed by atoms with Crippen LogP contribution in [0.4, 0.5) is 9.18 Å². The highest BCUT2D eigenvalue weighted by atomic mass is 79.9. The second-order valence-corrected chi connectivity index (χ2v) is 10.5. The van der Waals surface area contributed by atoms with Crippen molar-refractivity contribution < 1.29 is 18.7 Å². The van der Waals surface area contributed by atoms with Crippen LogP contribution < -0.4 is 0 Å². The van der Waals surface area contributed by atoms with E-state index in [0.717, 1.165) is 16.6 Å². The molecular weight excluding hydrogens is 513 g/mol. The first-order chi connectivity index (χ1) is 15.5. The minimum atomic E-state index is -0.577. The number of imidazole rings is 1. The summed E-state index contributed by atoms with van der Waals surface area (Å²) in [6, 6.07) is 8.92. The molecule has 0 spiro atoms. The fraction of sp³-hybridized carbons (Fsp3) is 0.417. The van der Waals surface area contributed by atoms with Gasteiger partial charge in [-0.25, -0.2) is 14.2 Å². The van der Waals surface area contributed by atoms with E-state index in [9.17, 15) is 4.79 Å². The number of nitrogens with zero attached hydrogens (tertiary/aromatic N) is 3. The zero-order valence-electron chi connectivity index (χ0n) is 19.0. The maximum absolute atomic E-state index is 15.0. The minimum absolute atomic E-state index is 0.230. The Morgan fingerprint density at radius 3 is 2.79 bits per heavy atom. The smallest absolute Gasteiger partial charge is 0.410 e. The van der Waals surface area contributed by atoms with Crippen molar-refractivity contribution in [3.63, 3.8) is 0 Å². The Bertz CT molecular complexity index is 1180. The zero-order chi connectivity index (χ0) is 23.9. The number of hydrogen-bond acceptors (Lipinski definition) is 4. The second-order valence-electron chi connectivity index (χ2n) is 9.20. The fourth-order valence-corrected chi connectivity index (χ4v) is 4.75. The van der Waals surface area contributed by atoms with Crippen molar-refractivity contribution in [1.29, 1.82) is 0 Å². The maximum Gasteiger partial charge on any atom is 0.410 e. The van der Waals surface area contributed by atoms with Crippen LogP contribution in [0.1, 0.15) is 26.3 Å². The molecule has 4 rings (SSSR count). The summed E-state index contributed by atoms with van der Waals surface area (Å²) in [6.45, 7) is 9.07. The van der Waals surface area contributed by atoms with Crippen LogP contribution in [0.25, 0.3) is 22.4 Å². The lowest BCUT2D eigenvalue weighted by atomic mass is 10.2. The summed E-state index contributed by atoms with van der Waals surface area (Å²) in [5, 5.41) is 0.259. The van der Waals surface area contributed by atoms with E-state index in [1.165, 1.54) is 6.07 Å². The Kier molecular flexibility index (Phi) is 6.71. The van der Waals surface area contributed by atoms with E-state index in [1.54, 1.807) is 11.0 Å². The molecule has 0 saturated carbocycles. The Morgan fingerprint density at radius 2 is 2.09 bits per heavy atom. The van der Waals surface area contributed by atoms with Crippen LogP contribution in [0, 0.1) is 12.7 Å². The largest absolute Gasteiger partial charge is 0.444 e. The van der Waals surface area contributed by atoms with E-state index in [1.807, 2.05) is 50.5 Å². The van der Waals surface area contributed by atoms with Crippen LogP contribution in [0.2, 0.25) is 5.02 Å².